The monoisotopic (exact) mass is 409 g/mol. The summed E-state index contributed by atoms with van der Waals surface area (Å²) in [5, 5.41) is 20.4. The lowest BCUT2D eigenvalue weighted by atomic mass is 9.66. The van der Waals surface area contributed by atoms with Gasteiger partial charge < -0.3 is 14.9 Å². The molecule has 160 valence electrons. The summed E-state index contributed by atoms with van der Waals surface area (Å²) in [5.74, 6) is -0.851. The van der Waals surface area contributed by atoms with Gasteiger partial charge >= 0.3 is 5.97 Å². The fourth-order valence-corrected chi connectivity index (χ4v) is 5.45. The van der Waals surface area contributed by atoms with Crippen LogP contribution in [-0.4, -0.2) is 52.9 Å². The molecule has 4 rings (SSSR count). The van der Waals surface area contributed by atoms with E-state index in [1.54, 1.807) is 6.92 Å². The van der Waals surface area contributed by atoms with Crippen LogP contribution in [0.5, 0.6) is 0 Å². The van der Waals surface area contributed by atoms with E-state index in [4.69, 9.17) is 4.74 Å². The molecule has 3 unspecified atom stereocenters. The number of carboxylic acid groups (broad SMARTS) is 1. The third-order valence-electron chi connectivity index (χ3n) is 6.61. The van der Waals surface area contributed by atoms with Gasteiger partial charge in [-0.25, -0.2) is 0 Å². The van der Waals surface area contributed by atoms with Gasteiger partial charge in [0.1, 0.15) is 6.04 Å². The molecule has 2 aliphatic heterocycles. The summed E-state index contributed by atoms with van der Waals surface area (Å²) in [4.78, 5) is 14.6. The lowest BCUT2D eigenvalue weighted by Crippen LogP contribution is -2.50. The van der Waals surface area contributed by atoms with Crippen molar-refractivity contribution in [1.82, 2.24) is 4.90 Å². The number of aliphatic hydroxyl groups excluding tert-OH is 1. The minimum absolute atomic E-state index is 0.00389. The third kappa shape index (κ3) is 3.78. The molecule has 2 aromatic carbocycles. The van der Waals surface area contributed by atoms with Crippen LogP contribution in [0.25, 0.3) is 0 Å². The molecule has 0 radical (unpaired) electrons. The van der Waals surface area contributed by atoms with Crippen LogP contribution in [0.4, 0.5) is 0 Å². The van der Waals surface area contributed by atoms with E-state index < -0.39 is 23.5 Å². The summed E-state index contributed by atoms with van der Waals surface area (Å²) in [6.45, 7) is 3.42. The van der Waals surface area contributed by atoms with E-state index in [1.165, 1.54) is 0 Å². The Morgan fingerprint density at radius 1 is 1.17 bits per heavy atom. The number of rotatable bonds is 6. The summed E-state index contributed by atoms with van der Waals surface area (Å²) in [6, 6.07) is 17.5. The standard InChI is InChI=1S/C25H31NO4/c1-18(27)17-26-15-14-25(23(26)24(28)29,19-9-3-2-4-10-19)21-12-6-5-11-20(21)22-13-7-8-16-30-22/h2-6,9-12,18,22-23,27H,7-8,13-17H2,1H3,(H,28,29)/t18?,22?,23-,25?/m1/s1. The maximum Gasteiger partial charge on any atom is 0.322 e. The van der Waals surface area contributed by atoms with E-state index in [0.29, 0.717) is 19.5 Å². The lowest BCUT2D eigenvalue weighted by molar-refractivity contribution is -0.144. The van der Waals surface area contributed by atoms with Gasteiger partial charge in [-0.1, -0.05) is 54.6 Å². The number of carboxylic acids is 1. The van der Waals surface area contributed by atoms with E-state index in [2.05, 4.69) is 12.1 Å². The highest BCUT2D eigenvalue weighted by molar-refractivity contribution is 5.79. The highest BCUT2D eigenvalue weighted by Gasteiger charge is 2.54. The molecule has 2 saturated heterocycles. The zero-order chi connectivity index (χ0) is 21.1. The zero-order valence-electron chi connectivity index (χ0n) is 17.5. The van der Waals surface area contributed by atoms with Gasteiger partial charge in [0.15, 0.2) is 0 Å². The second kappa shape index (κ2) is 8.88. The van der Waals surface area contributed by atoms with Gasteiger partial charge in [0.05, 0.1) is 12.2 Å². The second-order valence-corrected chi connectivity index (χ2v) is 8.61. The number of ether oxygens (including phenoxy) is 1. The number of aliphatic carboxylic acids is 1. The first-order valence-electron chi connectivity index (χ1n) is 11.0. The first kappa shape index (κ1) is 21.0. The molecule has 2 N–H and O–H groups in total. The number of hydrogen-bond acceptors (Lipinski definition) is 4. The Labute approximate surface area is 178 Å². The van der Waals surface area contributed by atoms with Crippen LogP contribution in [0.3, 0.4) is 0 Å². The highest BCUT2D eigenvalue weighted by atomic mass is 16.5. The fraction of sp³-hybridized carbons (Fsp3) is 0.480. The van der Waals surface area contributed by atoms with E-state index in [0.717, 1.165) is 42.6 Å². The Morgan fingerprint density at radius 3 is 2.57 bits per heavy atom. The molecule has 5 heteroatoms. The Kier molecular flexibility index (Phi) is 6.23. The van der Waals surface area contributed by atoms with Crippen molar-refractivity contribution in [3.05, 3.63) is 71.3 Å². The van der Waals surface area contributed by atoms with Gasteiger partial charge in [-0.15, -0.1) is 0 Å². The molecular weight excluding hydrogens is 378 g/mol. The van der Waals surface area contributed by atoms with Gasteiger partial charge in [0, 0.05) is 25.1 Å². The molecule has 4 atom stereocenters. The first-order valence-corrected chi connectivity index (χ1v) is 11.0. The molecule has 0 spiro atoms. The smallest absolute Gasteiger partial charge is 0.322 e. The molecule has 5 nitrogen and oxygen atoms in total. The third-order valence-corrected chi connectivity index (χ3v) is 6.61. The fourth-order valence-electron chi connectivity index (χ4n) is 5.45. The minimum Gasteiger partial charge on any atom is -0.480 e. The highest BCUT2D eigenvalue weighted by Crippen LogP contribution is 2.49. The van der Waals surface area contributed by atoms with Crippen molar-refractivity contribution < 1.29 is 19.7 Å². The number of hydrogen-bond donors (Lipinski definition) is 2. The van der Waals surface area contributed by atoms with Gasteiger partial charge in [-0.3, -0.25) is 9.69 Å². The van der Waals surface area contributed by atoms with E-state index >= 15 is 0 Å². The predicted octanol–water partition coefficient (Wildman–Crippen LogP) is 3.75. The largest absolute Gasteiger partial charge is 0.480 e. The van der Waals surface area contributed by atoms with Crippen molar-refractivity contribution in [2.24, 2.45) is 0 Å². The average molecular weight is 410 g/mol. The van der Waals surface area contributed by atoms with Gasteiger partial charge in [-0.05, 0) is 49.3 Å². The number of benzene rings is 2. The van der Waals surface area contributed by atoms with E-state index in [9.17, 15) is 15.0 Å². The number of aliphatic hydroxyl groups is 1. The Bertz CT molecular complexity index is 862. The molecule has 0 saturated carbocycles. The Hall–Kier alpha value is -2.21. The summed E-state index contributed by atoms with van der Waals surface area (Å²) in [7, 11) is 0. The number of carbonyl (C=O) groups is 1. The van der Waals surface area contributed by atoms with E-state index in [1.807, 2.05) is 47.4 Å². The van der Waals surface area contributed by atoms with Gasteiger partial charge in [-0.2, -0.15) is 0 Å². The molecule has 0 aromatic heterocycles. The molecular formula is C25H31NO4. The quantitative estimate of drug-likeness (QED) is 0.760. The van der Waals surface area contributed by atoms with Gasteiger partial charge in [0.25, 0.3) is 0 Å². The molecule has 0 bridgehead atoms. The second-order valence-electron chi connectivity index (χ2n) is 8.61. The topological polar surface area (TPSA) is 70.0 Å². The van der Waals surface area contributed by atoms with Crippen molar-refractivity contribution in [3.8, 4) is 0 Å². The zero-order valence-corrected chi connectivity index (χ0v) is 17.5. The summed E-state index contributed by atoms with van der Waals surface area (Å²) >= 11 is 0. The van der Waals surface area contributed by atoms with Crippen LogP contribution in [0.2, 0.25) is 0 Å². The molecule has 2 heterocycles. The maximum atomic E-state index is 12.7. The Balaban J connectivity index is 1.90. The van der Waals surface area contributed by atoms with Crippen LogP contribution >= 0.6 is 0 Å². The average Bonchev–Trinajstić information content (AvgIpc) is 3.14. The van der Waals surface area contributed by atoms with Crippen LogP contribution in [0.15, 0.2) is 54.6 Å². The van der Waals surface area contributed by atoms with Crippen LogP contribution < -0.4 is 0 Å². The predicted molar refractivity (Wildman–Crippen MR) is 116 cm³/mol. The van der Waals surface area contributed by atoms with Crippen LogP contribution in [-0.2, 0) is 14.9 Å². The molecule has 0 aliphatic carbocycles. The molecule has 2 fully saturated rings. The van der Waals surface area contributed by atoms with Crippen molar-refractivity contribution in [3.63, 3.8) is 0 Å². The van der Waals surface area contributed by atoms with Crippen molar-refractivity contribution in [1.29, 1.82) is 0 Å². The van der Waals surface area contributed by atoms with Crippen molar-refractivity contribution in [2.45, 2.75) is 56.3 Å². The SMILES string of the molecule is CC(O)CN1CCC(c2ccccc2)(c2ccccc2C2CCCCO2)[C@H]1C(=O)O. The summed E-state index contributed by atoms with van der Waals surface area (Å²) in [5.41, 5.74) is 2.46. The molecule has 2 aliphatic rings. The number of likely N-dealkylation sites (tertiary alicyclic amines) is 1. The van der Waals surface area contributed by atoms with Crippen LogP contribution in [0.1, 0.15) is 55.4 Å². The number of nitrogens with zero attached hydrogens (tertiary/aromatic N) is 1. The lowest BCUT2D eigenvalue weighted by Gasteiger charge is -2.39. The van der Waals surface area contributed by atoms with Gasteiger partial charge in [0.2, 0.25) is 0 Å². The first-order chi connectivity index (χ1) is 14.5. The van der Waals surface area contributed by atoms with Crippen molar-refractivity contribution in [2.75, 3.05) is 19.7 Å². The maximum absolute atomic E-state index is 12.7. The number of β-amino-alcohol motifs (C(OH)–C–C–N with tert-alkyl or cyclic N) is 1. The summed E-state index contributed by atoms with van der Waals surface area (Å²) < 4.78 is 6.13. The summed E-state index contributed by atoms with van der Waals surface area (Å²) in [6.07, 6.45) is 3.24. The molecule has 2 aromatic rings. The van der Waals surface area contributed by atoms with Crippen molar-refractivity contribution >= 4 is 5.97 Å². The van der Waals surface area contributed by atoms with Crippen LogP contribution in [0, 0.1) is 0 Å². The van der Waals surface area contributed by atoms with E-state index in [-0.39, 0.29) is 6.10 Å². The minimum atomic E-state index is -0.851. The normalized spacial score (nSPS) is 28.3. The molecule has 30 heavy (non-hydrogen) atoms. The molecule has 0 amide bonds. The Morgan fingerprint density at radius 2 is 1.90 bits per heavy atom.